The Balaban J connectivity index is 2.24. The van der Waals surface area contributed by atoms with Crippen molar-refractivity contribution < 1.29 is 4.39 Å². The van der Waals surface area contributed by atoms with E-state index in [1.165, 1.54) is 23.4 Å². The molecule has 0 aliphatic carbocycles. The molecule has 1 aromatic carbocycles. The van der Waals surface area contributed by atoms with Crippen LogP contribution in [0.1, 0.15) is 36.2 Å². The fraction of sp³-hybridized carbons (Fsp3) is 0.312. The Bertz CT molecular complexity index is 573. The first-order valence-electron chi connectivity index (χ1n) is 6.66. The van der Waals surface area contributed by atoms with Gasteiger partial charge in [0, 0.05) is 10.2 Å². The first kappa shape index (κ1) is 15.0. The first-order chi connectivity index (χ1) is 9.51. The van der Waals surface area contributed by atoms with Gasteiger partial charge in [-0.05, 0) is 55.7 Å². The van der Waals surface area contributed by atoms with E-state index < -0.39 is 0 Å². The molecule has 4 heteroatoms. The zero-order valence-corrected chi connectivity index (χ0v) is 13.5. The van der Waals surface area contributed by atoms with Crippen molar-refractivity contribution in [3.8, 4) is 0 Å². The first-order valence-corrected chi connectivity index (χ1v) is 7.45. The fourth-order valence-electron chi connectivity index (χ4n) is 2.21. The van der Waals surface area contributed by atoms with E-state index in [4.69, 9.17) is 0 Å². The van der Waals surface area contributed by atoms with E-state index in [-0.39, 0.29) is 11.9 Å². The summed E-state index contributed by atoms with van der Waals surface area (Å²) in [5, 5.41) is 3.47. The highest BCUT2D eigenvalue weighted by Gasteiger charge is 2.12. The van der Waals surface area contributed by atoms with Gasteiger partial charge in [0.25, 0.3) is 0 Å². The zero-order valence-electron chi connectivity index (χ0n) is 11.9. The van der Waals surface area contributed by atoms with Crippen molar-refractivity contribution in [1.82, 2.24) is 4.98 Å². The number of aryl methyl sites for hydroxylation is 2. The molecule has 0 saturated carbocycles. The zero-order chi connectivity index (χ0) is 14.7. The average molecular weight is 337 g/mol. The Morgan fingerprint density at radius 3 is 2.40 bits per heavy atom. The Hall–Kier alpha value is -1.42. The Labute approximate surface area is 127 Å². The van der Waals surface area contributed by atoms with E-state index >= 15 is 0 Å². The number of hydrogen-bond acceptors (Lipinski definition) is 2. The molecular formula is C16H18BrFN2. The van der Waals surface area contributed by atoms with Gasteiger partial charge < -0.3 is 5.32 Å². The molecule has 106 valence electrons. The van der Waals surface area contributed by atoms with Crippen molar-refractivity contribution in [1.29, 1.82) is 0 Å². The Morgan fingerprint density at radius 2 is 1.90 bits per heavy atom. The third-order valence-electron chi connectivity index (χ3n) is 3.29. The van der Waals surface area contributed by atoms with E-state index in [1.54, 1.807) is 6.07 Å². The minimum absolute atomic E-state index is 0.0792. The van der Waals surface area contributed by atoms with Gasteiger partial charge in [-0.2, -0.15) is 0 Å². The van der Waals surface area contributed by atoms with Gasteiger partial charge in [-0.3, -0.25) is 4.98 Å². The molecule has 0 radical (unpaired) electrons. The van der Waals surface area contributed by atoms with Crippen LogP contribution in [0.25, 0.3) is 0 Å². The van der Waals surface area contributed by atoms with Crippen LogP contribution in [-0.2, 0) is 0 Å². The summed E-state index contributed by atoms with van der Waals surface area (Å²) < 4.78 is 14.1. The highest BCUT2D eigenvalue weighted by atomic mass is 79.9. The molecule has 0 spiro atoms. The highest BCUT2D eigenvalue weighted by molar-refractivity contribution is 9.10. The largest absolute Gasteiger partial charge is 0.377 e. The van der Waals surface area contributed by atoms with Crippen molar-refractivity contribution in [2.75, 3.05) is 5.32 Å². The summed E-state index contributed by atoms with van der Waals surface area (Å²) in [6.45, 7) is 6.22. The predicted molar refractivity (Wildman–Crippen MR) is 84.5 cm³/mol. The van der Waals surface area contributed by atoms with Crippen LogP contribution < -0.4 is 5.32 Å². The lowest BCUT2D eigenvalue weighted by Crippen LogP contribution is -2.11. The van der Waals surface area contributed by atoms with Crippen LogP contribution in [0.4, 0.5) is 10.1 Å². The predicted octanol–water partition coefficient (Wildman–Crippen LogP) is 5.16. The van der Waals surface area contributed by atoms with Crippen LogP contribution in [0.5, 0.6) is 0 Å². The number of benzene rings is 1. The van der Waals surface area contributed by atoms with Gasteiger partial charge in [-0.25, -0.2) is 4.39 Å². The van der Waals surface area contributed by atoms with E-state index in [0.717, 1.165) is 22.3 Å². The SMILES string of the molecule is CCC(Nc1cc(C)c(Br)c(C)c1)c1ccc(F)cn1. The molecule has 2 aromatic rings. The Morgan fingerprint density at radius 1 is 1.25 bits per heavy atom. The normalized spacial score (nSPS) is 12.2. The van der Waals surface area contributed by atoms with Crippen molar-refractivity contribution in [2.45, 2.75) is 33.2 Å². The van der Waals surface area contributed by atoms with Gasteiger partial charge in [-0.1, -0.05) is 22.9 Å². The van der Waals surface area contributed by atoms with Gasteiger partial charge in [0.05, 0.1) is 17.9 Å². The molecule has 0 saturated heterocycles. The van der Waals surface area contributed by atoms with E-state index in [0.29, 0.717) is 0 Å². The number of pyridine rings is 1. The number of nitrogens with one attached hydrogen (secondary N) is 1. The fourth-order valence-corrected chi connectivity index (χ4v) is 2.44. The molecule has 1 atom stereocenters. The second-order valence-corrected chi connectivity index (χ2v) is 5.72. The van der Waals surface area contributed by atoms with Gasteiger partial charge in [0.1, 0.15) is 5.82 Å². The monoisotopic (exact) mass is 336 g/mol. The number of aromatic nitrogens is 1. The van der Waals surface area contributed by atoms with Crippen molar-refractivity contribution >= 4 is 21.6 Å². The number of halogens is 2. The van der Waals surface area contributed by atoms with Gasteiger partial charge >= 0.3 is 0 Å². The van der Waals surface area contributed by atoms with Crippen LogP contribution in [0.3, 0.4) is 0 Å². The van der Waals surface area contributed by atoms with Crippen molar-refractivity contribution in [3.63, 3.8) is 0 Å². The number of nitrogens with zero attached hydrogens (tertiary/aromatic N) is 1. The summed E-state index contributed by atoms with van der Waals surface area (Å²) in [5.74, 6) is -0.307. The van der Waals surface area contributed by atoms with Crippen LogP contribution in [0.2, 0.25) is 0 Å². The lowest BCUT2D eigenvalue weighted by molar-refractivity contribution is 0.614. The molecule has 0 bridgehead atoms. The second-order valence-electron chi connectivity index (χ2n) is 4.93. The van der Waals surface area contributed by atoms with Crippen LogP contribution in [-0.4, -0.2) is 4.98 Å². The summed E-state index contributed by atoms with van der Waals surface area (Å²) in [4.78, 5) is 4.16. The van der Waals surface area contributed by atoms with Gasteiger partial charge in [0.2, 0.25) is 0 Å². The molecular weight excluding hydrogens is 319 g/mol. The summed E-state index contributed by atoms with van der Waals surface area (Å²) in [7, 11) is 0. The smallest absolute Gasteiger partial charge is 0.141 e. The maximum atomic E-state index is 12.9. The molecule has 0 aliphatic rings. The van der Waals surface area contributed by atoms with Gasteiger partial charge in [-0.15, -0.1) is 0 Å². The molecule has 0 amide bonds. The quantitative estimate of drug-likeness (QED) is 0.833. The molecule has 0 aliphatic heterocycles. The Kier molecular flexibility index (Phi) is 4.76. The maximum absolute atomic E-state index is 12.9. The van der Waals surface area contributed by atoms with Crippen molar-refractivity contribution in [3.05, 3.63) is 57.6 Å². The summed E-state index contributed by atoms with van der Waals surface area (Å²) in [6.07, 6.45) is 2.14. The minimum atomic E-state index is -0.307. The van der Waals surface area contributed by atoms with E-state index in [2.05, 4.69) is 59.1 Å². The number of rotatable bonds is 4. The molecule has 0 fully saturated rings. The topological polar surface area (TPSA) is 24.9 Å². The van der Waals surface area contributed by atoms with Crippen LogP contribution in [0.15, 0.2) is 34.9 Å². The minimum Gasteiger partial charge on any atom is -0.377 e. The van der Waals surface area contributed by atoms with Crippen LogP contribution in [0, 0.1) is 19.7 Å². The summed E-state index contributed by atoms with van der Waals surface area (Å²) >= 11 is 3.57. The molecule has 1 N–H and O–H groups in total. The standard InChI is InChI=1S/C16H18BrFN2/c1-4-14(15-6-5-12(18)9-19-15)20-13-7-10(2)16(17)11(3)8-13/h5-9,14,20H,4H2,1-3H3. The van der Waals surface area contributed by atoms with Crippen LogP contribution >= 0.6 is 15.9 Å². The van der Waals surface area contributed by atoms with Gasteiger partial charge in [0.15, 0.2) is 0 Å². The average Bonchev–Trinajstić information content (AvgIpc) is 2.43. The molecule has 20 heavy (non-hydrogen) atoms. The summed E-state index contributed by atoms with van der Waals surface area (Å²) in [5.41, 5.74) is 4.29. The molecule has 1 aromatic heterocycles. The maximum Gasteiger partial charge on any atom is 0.141 e. The third kappa shape index (κ3) is 3.37. The third-order valence-corrected chi connectivity index (χ3v) is 4.54. The molecule has 2 nitrogen and oxygen atoms in total. The molecule has 2 rings (SSSR count). The second kappa shape index (κ2) is 6.35. The van der Waals surface area contributed by atoms with E-state index in [1.807, 2.05) is 0 Å². The van der Waals surface area contributed by atoms with Crippen molar-refractivity contribution in [2.24, 2.45) is 0 Å². The highest BCUT2D eigenvalue weighted by Crippen LogP contribution is 2.28. The lowest BCUT2D eigenvalue weighted by Gasteiger charge is -2.19. The number of hydrogen-bond donors (Lipinski definition) is 1. The number of anilines is 1. The lowest BCUT2D eigenvalue weighted by atomic mass is 10.1. The molecule has 1 heterocycles. The van der Waals surface area contributed by atoms with E-state index in [9.17, 15) is 4.39 Å². The summed E-state index contributed by atoms with van der Waals surface area (Å²) in [6, 6.07) is 7.46. The molecule has 1 unspecified atom stereocenters.